The summed E-state index contributed by atoms with van der Waals surface area (Å²) < 4.78 is 15.1. The standard InChI is InChI=1S/C14H16FN2O2/c1-8-7-12(5-6-13(8)15)14-11(4)16(18)9(2)10(3)17(14)19/h5-7,18H,1-4H3/q+1. The minimum atomic E-state index is -0.320. The Morgan fingerprint density at radius 1 is 1.16 bits per heavy atom. The van der Waals surface area contributed by atoms with Crippen molar-refractivity contribution in [3.8, 4) is 11.3 Å². The van der Waals surface area contributed by atoms with Crippen LogP contribution >= 0.6 is 0 Å². The highest BCUT2D eigenvalue weighted by Gasteiger charge is 2.24. The topological polar surface area (TPSA) is 48.1 Å². The fourth-order valence-electron chi connectivity index (χ4n) is 2.08. The van der Waals surface area contributed by atoms with Crippen LogP contribution in [-0.4, -0.2) is 9.94 Å². The van der Waals surface area contributed by atoms with Crippen molar-refractivity contribution in [1.82, 2.24) is 4.73 Å². The summed E-state index contributed by atoms with van der Waals surface area (Å²) >= 11 is 0. The van der Waals surface area contributed by atoms with Crippen molar-refractivity contribution < 1.29 is 14.0 Å². The van der Waals surface area contributed by atoms with E-state index in [1.54, 1.807) is 33.8 Å². The highest BCUT2D eigenvalue weighted by Crippen LogP contribution is 2.22. The van der Waals surface area contributed by atoms with E-state index < -0.39 is 0 Å². The molecule has 1 aromatic heterocycles. The molecule has 5 heteroatoms. The second-order valence-electron chi connectivity index (χ2n) is 4.67. The SMILES string of the molecule is Cc1cc(-c2c(C)n(O)c(C)c(C)[n+]2=O)ccc1F. The molecule has 19 heavy (non-hydrogen) atoms. The summed E-state index contributed by atoms with van der Waals surface area (Å²) in [6.45, 7) is 6.58. The normalized spacial score (nSPS) is 10.8. The fourth-order valence-corrected chi connectivity index (χ4v) is 2.08. The molecule has 0 saturated heterocycles. The van der Waals surface area contributed by atoms with Crippen LogP contribution in [0.3, 0.4) is 0 Å². The molecule has 0 radical (unpaired) electrons. The van der Waals surface area contributed by atoms with Gasteiger partial charge in [0, 0.05) is 11.8 Å². The maximum atomic E-state index is 13.3. The summed E-state index contributed by atoms with van der Waals surface area (Å²) in [5, 5.41) is 9.97. The Labute approximate surface area is 110 Å². The first-order valence-electron chi connectivity index (χ1n) is 5.95. The second kappa shape index (κ2) is 4.50. The highest BCUT2D eigenvalue weighted by molar-refractivity contribution is 5.59. The van der Waals surface area contributed by atoms with E-state index in [1.165, 1.54) is 12.1 Å². The summed E-state index contributed by atoms with van der Waals surface area (Å²) in [4.78, 5) is 12.3. The molecule has 0 unspecified atom stereocenters. The molecule has 4 nitrogen and oxygen atoms in total. The van der Waals surface area contributed by atoms with Gasteiger partial charge in [-0.15, -0.1) is 0 Å². The van der Waals surface area contributed by atoms with Crippen LogP contribution in [0.5, 0.6) is 0 Å². The van der Waals surface area contributed by atoms with Gasteiger partial charge in [0.1, 0.15) is 17.2 Å². The minimum absolute atomic E-state index is 0.320. The van der Waals surface area contributed by atoms with Crippen molar-refractivity contribution in [2.75, 3.05) is 0 Å². The Morgan fingerprint density at radius 2 is 1.79 bits per heavy atom. The van der Waals surface area contributed by atoms with Crippen LogP contribution in [0.25, 0.3) is 11.3 Å². The van der Waals surface area contributed by atoms with Gasteiger partial charge in [-0.05, 0) is 44.5 Å². The van der Waals surface area contributed by atoms with E-state index in [0.717, 1.165) is 9.16 Å². The first kappa shape index (κ1) is 13.3. The van der Waals surface area contributed by atoms with Crippen LogP contribution in [0.15, 0.2) is 18.2 Å². The highest BCUT2D eigenvalue weighted by atomic mass is 19.1. The third kappa shape index (κ3) is 2.01. The van der Waals surface area contributed by atoms with Crippen LogP contribution in [0, 0.1) is 38.4 Å². The largest absolute Gasteiger partial charge is 0.428 e. The van der Waals surface area contributed by atoms with E-state index in [0.29, 0.717) is 33.9 Å². The van der Waals surface area contributed by atoms with Crippen molar-refractivity contribution in [3.63, 3.8) is 0 Å². The van der Waals surface area contributed by atoms with Crippen LogP contribution in [0.1, 0.15) is 22.6 Å². The van der Waals surface area contributed by atoms with Gasteiger partial charge < -0.3 is 5.21 Å². The molecule has 0 bridgehead atoms. The smallest absolute Gasteiger partial charge is 0.292 e. The van der Waals surface area contributed by atoms with Gasteiger partial charge in [-0.1, -0.05) is 0 Å². The average Bonchev–Trinajstić information content (AvgIpc) is 2.38. The zero-order chi connectivity index (χ0) is 14.3. The summed E-state index contributed by atoms with van der Waals surface area (Å²) in [6.07, 6.45) is 0. The first-order chi connectivity index (χ1) is 8.84. The lowest BCUT2D eigenvalue weighted by Gasteiger charge is -2.08. The van der Waals surface area contributed by atoms with Gasteiger partial charge in [-0.25, -0.2) is 4.39 Å². The maximum Gasteiger partial charge on any atom is 0.292 e. The Kier molecular flexibility index (Phi) is 3.14. The lowest BCUT2D eigenvalue weighted by atomic mass is 10.1. The monoisotopic (exact) mass is 263 g/mol. The molecular formula is C14H16FN2O2+. The van der Waals surface area contributed by atoms with Crippen molar-refractivity contribution in [3.05, 3.63) is 51.6 Å². The number of aromatic nitrogens is 2. The lowest BCUT2D eigenvalue weighted by molar-refractivity contribution is -0.493. The van der Waals surface area contributed by atoms with Crippen LogP contribution in [0.2, 0.25) is 0 Å². The second-order valence-corrected chi connectivity index (χ2v) is 4.67. The molecule has 0 atom stereocenters. The van der Waals surface area contributed by atoms with Gasteiger partial charge in [-0.3, -0.25) is 0 Å². The minimum Gasteiger partial charge on any atom is -0.428 e. The number of benzene rings is 1. The number of hydrogen-bond donors (Lipinski definition) is 1. The first-order valence-corrected chi connectivity index (χ1v) is 5.95. The lowest BCUT2D eigenvalue weighted by Crippen LogP contribution is -2.28. The van der Waals surface area contributed by atoms with Gasteiger partial charge in [0.25, 0.3) is 11.4 Å². The predicted octanol–water partition coefficient (Wildman–Crippen LogP) is 2.68. The third-order valence-corrected chi connectivity index (χ3v) is 3.44. The Bertz CT molecular complexity index is 720. The molecule has 0 fully saturated rings. The van der Waals surface area contributed by atoms with E-state index in [-0.39, 0.29) is 5.82 Å². The van der Waals surface area contributed by atoms with Crippen LogP contribution < -0.4 is 4.43 Å². The summed E-state index contributed by atoms with van der Waals surface area (Å²) in [7, 11) is 0. The number of rotatable bonds is 1. The van der Waals surface area contributed by atoms with Gasteiger partial charge in [0.15, 0.2) is 0 Å². The van der Waals surface area contributed by atoms with Crippen LogP contribution in [0.4, 0.5) is 4.39 Å². The summed E-state index contributed by atoms with van der Waals surface area (Å²) in [6, 6.07) is 4.45. The molecular weight excluding hydrogens is 247 g/mol. The quantitative estimate of drug-likeness (QED) is 0.635. The molecule has 0 spiro atoms. The molecule has 1 aromatic carbocycles. The van der Waals surface area contributed by atoms with Gasteiger partial charge in [0.05, 0.1) is 9.99 Å². The van der Waals surface area contributed by atoms with Crippen molar-refractivity contribution in [2.24, 2.45) is 0 Å². The Morgan fingerprint density at radius 3 is 2.37 bits per heavy atom. The fraction of sp³-hybridized carbons (Fsp3) is 0.286. The molecule has 0 aliphatic rings. The van der Waals surface area contributed by atoms with Gasteiger partial charge in [-0.2, -0.15) is 4.73 Å². The van der Waals surface area contributed by atoms with Crippen LogP contribution in [-0.2, 0) is 0 Å². The zero-order valence-electron chi connectivity index (χ0n) is 11.4. The van der Waals surface area contributed by atoms with E-state index >= 15 is 0 Å². The number of aryl methyl sites for hydroxylation is 1. The molecule has 1 N–H and O–H groups in total. The van der Waals surface area contributed by atoms with Crippen molar-refractivity contribution in [1.29, 1.82) is 0 Å². The van der Waals surface area contributed by atoms with E-state index in [1.807, 2.05) is 0 Å². The van der Waals surface area contributed by atoms with Gasteiger partial charge in [0.2, 0.25) is 0 Å². The third-order valence-electron chi connectivity index (χ3n) is 3.44. The molecule has 0 amide bonds. The molecule has 1 heterocycles. The molecule has 0 aliphatic heterocycles. The number of halogens is 1. The number of hydrogen-bond acceptors (Lipinski definition) is 2. The summed E-state index contributed by atoms with van der Waals surface area (Å²) in [5.74, 6) is -0.320. The zero-order valence-corrected chi connectivity index (χ0v) is 11.4. The Hall–Kier alpha value is -2.17. The summed E-state index contributed by atoms with van der Waals surface area (Å²) in [5.41, 5.74) is 2.68. The average molecular weight is 263 g/mol. The molecule has 0 saturated carbocycles. The molecule has 2 rings (SSSR count). The predicted molar refractivity (Wildman–Crippen MR) is 69.3 cm³/mol. The number of nitrogens with zero attached hydrogens (tertiary/aromatic N) is 2. The van der Waals surface area contributed by atoms with E-state index in [4.69, 9.17) is 0 Å². The van der Waals surface area contributed by atoms with Crippen molar-refractivity contribution in [2.45, 2.75) is 27.7 Å². The van der Waals surface area contributed by atoms with E-state index in [2.05, 4.69) is 0 Å². The van der Waals surface area contributed by atoms with E-state index in [9.17, 15) is 14.5 Å². The molecule has 100 valence electrons. The Balaban J connectivity index is 2.83. The van der Waals surface area contributed by atoms with Gasteiger partial charge >= 0.3 is 0 Å². The molecule has 0 aliphatic carbocycles. The maximum absolute atomic E-state index is 13.3. The molecule has 2 aromatic rings. The van der Waals surface area contributed by atoms with Crippen molar-refractivity contribution >= 4 is 0 Å².